The van der Waals surface area contributed by atoms with Crippen molar-refractivity contribution in [3.8, 4) is 0 Å². The normalized spacial score (nSPS) is 12.4. The second-order valence-corrected chi connectivity index (χ2v) is 6.05. The first-order valence-corrected chi connectivity index (χ1v) is 8.33. The molecule has 0 radical (unpaired) electrons. The van der Waals surface area contributed by atoms with Gasteiger partial charge in [0, 0.05) is 12.1 Å². The second-order valence-electron chi connectivity index (χ2n) is 6.05. The van der Waals surface area contributed by atoms with Crippen molar-refractivity contribution >= 4 is 16.9 Å². The maximum atomic E-state index is 11.4. The lowest BCUT2D eigenvalue weighted by Gasteiger charge is -2.12. The van der Waals surface area contributed by atoms with Crippen molar-refractivity contribution in [1.29, 1.82) is 0 Å². The van der Waals surface area contributed by atoms with Gasteiger partial charge in [0.1, 0.15) is 5.82 Å². The molecule has 0 aliphatic carbocycles. The SMILES string of the molecule is NC(=O)c1ccccc1CC[C@@H](O)CNCc1nc2ccccc2[nH]1. The molecule has 0 saturated heterocycles. The summed E-state index contributed by atoms with van der Waals surface area (Å²) in [5, 5.41) is 13.3. The standard InChI is InChI=1S/C19H22N4O2/c20-19(25)15-6-2-1-5-13(15)9-10-14(24)11-21-12-18-22-16-7-3-4-8-17(16)23-18/h1-8,14,21,24H,9-12H2,(H2,20,25)(H,22,23)/t14-/m1/s1. The number of carbonyl (C=O) groups is 1. The van der Waals surface area contributed by atoms with Crippen molar-refractivity contribution in [2.24, 2.45) is 5.73 Å². The minimum absolute atomic E-state index is 0.437. The zero-order valence-corrected chi connectivity index (χ0v) is 13.9. The van der Waals surface area contributed by atoms with E-state index in [0.717, 1.165) is 22.4 Å². The fraction of sp³-hybridized carbons (Fsp3) is 0.263. The van der Waals surface area contributed by atoms with E-state index in [1.54, 1.807) is 12.1 Å². The molecular weight excluding hydrogens is 316 g/mol. The molecule has 0 unspecified atom stereocenters. The number of aliphatic hydroxyl groups is 1. The average molecular weight is 338 g/mol. The van der Waals surface area contributed by atoms with Crippen LogP contribution in [0.25, 0.3) is 11.0 Å². The molecule has 0 bridgehead atoms. The van der Waals surface area contributed by atoms with Crippen LogP contribution in [-0.4, -0.2) is 33.6 Å². The summed E-state index contributed by atoms with van der Waals surface area (Å²) in [4.78, 5) is 19.1. The predicted molar refractivity (Wildman–Crippen MR) is 97.1 cm³/mol. The number of fused-ring (bicyclic) bond motifs is 1. The van der Waals surface area contributed by atoms with Gasteiger partial charge < -0.3 is 21.1 Å². The number of benzene rings is 2. The third kappa shape index (κ3) is 4.43. The van der Waals surface area contributed by atoms with Crippen LogP contribution in [0.15, 0.2) is 48.5 Å². The van der Waals surface area contributed by atoms with Gasteiger partial charge in [0.25, 0.3) is 0 Å². The molecule has 6 nitrogen and oxygen atoms in total. The Morgan fingerprint density at radius 1 is 1.20 bits per heavy atom. The molecule has 6 heteroatoms. The smallest absolute Gasteiger partial charge is 0.248 e. The molecule has 5 N–H and O–H groups in total. The van der Waals surface area contributed by atoms with Crippen molar-refractivity contribution in [3.05, 3.63) is 65.5 Å². The van der Waals surface area contributed by atoms with Gasteiger partial charge >= 0.3 is 0 Å². The number of hydrogen-bond acceptors (Lipinski definition) is 4. The van der Waals surface area contributed by atoms with Crippen molar-refractivity contribution < 1.29 is 9.90 Å². The van der Waals surface area contributed by atoms with Crippen LogP contribution in [0.4, 0.5) is 0 Å². The molecule has 1 heterocycles. The number of nitrogens with zero attached hydrogens (tertiary/aromatic N) is 1. The fourth-order valence-corrected chi connectivity index (χ4v) is 2.85. The first kappa shape index (κ1) is 17.1. The number of aryl methyl sites for hydroxylation is 1. The van der Waals surface area contributed by atoms with E-state index in [1.807, 2.05) is 36.4 Å². The minimum atomic E-state index is -0.509. The minimum Gasteiger partial charge on any atom is -0.392 e. The number of aromatic amines is 1. The lowest BCUT2D eigenvalue weighted by atomic mass is 10.0. The van der Waals surface area contributed by atoms with E-state index < -0.39 is 12.0 Å². The van der Waals surface area contributed by atoms with Gasteiger partial charge in [-0.2, -0.15) is 0 Å². The molecule has 0 fully saturated rings. The molecule has 0 saturated carbocycles. The van der Waals surface area contributed by atoms with Crippen LogP contribution < -0.4 is 11.1 Å². The van der Waals surface area contributed by atoms with Crippen LogP contribution in [0.5, 0.6) is 0 Å². The number of carbonyl (C=O) groups excluding carboxylic acids is 1. The van der Waals surface area contributed by atoms with Crippen LogP contribution in [0.3, 0.4) is 0 Å². The quantitative estimate of drug-likeness (QED) is 0.502. The number of amides is 1. The molecular formula is C19H22N4O2. The van der Waals surface area contributed by atoms with E-state index in [9.17, 15) is 9.90 Å². The van der Waals surface area contributed by atoms with Crippen molar-refractivity contribution in [2.75, 3.05) is 6.54 Å². The highest BCUT2D eigenvalue weighted by atomic mass is 16.3. The lowest BCUT2D eigenvalue weighted by Crippen LogP contribution is -2.27. The number of nitrogens with two attached hydrogens (primary N) is 1. The first-order valence-electron chi connectivity index (χ1n) is 8.33. The van der Waals surface area contributed by atoms with Crippen molar-refractivity contribution in [3.63, 3.8) is 0 Å². The van der Waals surface area contributed by atoms with E-state index in [4.69, 9.17) is 5.73 Å². The molecule has 0 spiro atoms. The maximum absolute atomic E-state index is 11.4. The zero-order valence-electron chi connectivity index (χ0n) is 13.9. The van der Waals surface area contributed by atoms with Gasteiger partial charge in [-0.15, -0.1) is 0 Å². The van der Waals surface area contributed by atoms with Crippen molar-refractivity contribution in [2.45, 2.75) is 25.5 Å². The van der Waals surface area contributed by atoms with E-state index in [-0.39, 0.29) is 0 Å². The molecule has 1 amide bonds. The monoisotopic (exact) mass is 338 g/mol. The van der Waals surface area contributed by atoms with Gasteiger partial charge in [0.2, 0.25) is 5.91 Å². The van der Waals surface area contributed by atoms with Gasteiger partial charge in [-0.25, -0.2) is 4.98 Å². The Balaban J connectivity index is 1.47. The second kappa shape index (κ2) is 7.92. The Labute approximate surface area is 146 Å². The molecule has 25 heavy (non-hydrogen) atoms. The zero-order chi connectivity index (χ0) is 17.6. The van der Waals surface area contributed by atoms with Crippen LogP contribution >= 0.6 is 0 Å². The van der Waals surface area contributed by atoms with Gasteiger partial charge in [-0.1, -0.05) is 30.3 Å². The predicted octanol–water partition coefficient (Wildman–Crippen LogP) is 1.75. The lowest BCUT2D eigenvalue weighted by molar-refractivity contribution is 0.0998. The number of nitrogens with one attached hydrogen (secondary N) is 2. The molecule has 0 aliphatic heterocycles. The topological polar surface area (TPSA) is 104 Å². The maximum Gasteiger partial charge on any atom is 0.248 e. The summed E-state index contributed by atoms with van der Waals surface area (Å²) in [6.45, 7) is 1.01. The van der Waals surface area contributed by atoms with Crippen LogP contribution in [0.1, 0.15) is 28.2 Å². The molecule has 130 valence electrons. The third-order valence-corrected chi connectivity index (χ3v) is 4.14. The van der Waals surface area contributed by atoms with Gasteiger partial charge in [-0.05, 0) is 36.6 Å². The Bertz CT molecular complexity index is 826. The highest BCUT2D eigenvalue weighted by molar-refractivity contribution is 5.94. The van der Waals surface area contributed by atoms with Crippen LogP contribution in [-0.2, 0) is 13.0 Å². The number of imidazole rings is 1. The summed E-state index contributed by atoms with van der Waals surface area (Å²) in [5.74, 6) is 0.403. The molecule has 1 atom stereocenters. The van der Waals surface area contributed by atoms with Crippen LogP contribution in [0.2, 0.25) is 0 Å². The third-order valence-electron chi connectivity index (χ3n) is 4.14. The highest BCUT2D eigenvalue weighted by Crippen LogP contribution is 2.12. The average Bonchev–Trinajstić information content (AvgIpc) is 3.03. The number of aromatic nitrogens is 2. The molecule has 1 aromatic heterocycles. The van der Waals surface area contributed by atoms with E-state index in [1.165, 1.54) is 0 Å². The Kier molecular flexibility index (Phi) is 5.42. The Morgan fingerprint density at radius 3 is 2.76 bits per heavy atom. The van der Waals surface area contributed by atoms with Gasteiger partial charge in [0.15, 0.2) is 0 Å². The first-order chi connectivity index (χ1) is 12.1. The van der Waals surface area contributed by atoms with E-state index >= 15 is 0 Å². The van der Waals surface area contributed by atoms with Crippen molar-refractivity contribution in [1.82, 2.24) is 15.3 Å². The van der Waals surface area contributed by atoms with Gasteiger partial charge in [-0.3, -0.25) is 4.79 Å². The number of aliphatic hydroxyl groups excluding tert-OH is 1. The largest absolute Gasteiger partial charge is 0.392 e. The number of hydrogen-bond donors (Lipinski definition) is 4. The molecule has 3 aromatic rings. The summed E-state index contributed by atoms with van der Waals surface area (Å²) in [6.07, 6.45) is 0.648. The molecule has 0 aliphatic rings. The van der Waals surface area contributed by atoms with E-state index in [0.29, 0.717) is 31.5 Å². The summed E-state index contributed by atoms with van der Waals surface area (Å²) >= 11 is 0. The summed E-state index contributed by atoms with van der Waals surface area (Å²) < 4.78 is 0. The fourth-order valence-electron chi connectivity index (χ4n) is 2.85. The summed E-state index contributed by atoms with van der Waals surface area (Å²) in [5.41, 5.74) is 8.69. The Hall–Kier alpha value is -2.70. The number of primary amides is 1. The van der Waals surface area contributed by atoms with Gasteiger partial charge in [0.05, 0.1) is 23.7 Å². The summed E-state index contributed by atoms with van der Waals surface area (Å²) in [6, 6.07) is 15.1. The Morgan fingerprint density at radius 2 is 1.96 bits per heavy atom. The summed E-state index contributed by atoms with van der Waals surface area (Å²) in [7, 11) is 0. The molecule has 3 rings (SSSR count). The number of H-pyrrole nitrogens is 1. The number of para-hydroxylation sites is 2. The van der Waals surface area contributed by atoms with Crippen LogP contribution in [0, 0.1) is 0 Å². The highest BCUT2D eigenvalue weighted by Gasteiger charge is 2.10. The molecule has 2 aromatic carbocycles. The number of rotatable bonds is 8. The van der Waals surface area contributed by atoms with E-state index in [2.05, 4.69) is 15.3 Å².